The summed E-state index contributed by atoms with van der Waals surface area (Å²) in [6.07, 6.45) is -0.750. The zero-order chi connectivity index (χ0) is 32.8. The Morgan fingerprint density at radius 1 is 1.00 bits per heavy atom. The molecule has 5 rings (SSSR count). The molecule has 242 valence electrons. The number of amides is 3. The molecule has 1 aliphatic rings. The number of carboxylic acid groups (broad SMARTS) is 1. The highest BCUT2D eigenvalue weighted by molar-refractivity contribution is 7.22. The predicted octanol–water partition coefficient (Wildman–Crippen LogP) is 6.66. The second kappa shape index (κ2) is 14.2. The SMILES string of the molecule is O=C(NC[C@@H](O)C(=O)O)c1ccc(CN(C(=O)Nc2nc3cc(OC(F)(F)F)ccc3s2)c2ccc(C3CCCCC3)cc2)cc1. The number of nitrogens with zero attached hydrogens (tertiary/aromatic N) is 2. The average Bonchev–Trinajstić information content (AvgIpc) is 3.43. The number of thiazole rings is 1. The molecule has 0 aliphatic heterocycles. The Morgan fingerprint density at radius 3 is 2.35 bits per heavy atom. The van der Waals surface area contributed by atoms with Crippen molar-refractivity contribution in [2.24, 2.45) is 0 Å². The number of aliphatic carboxylic acids is 1. The van der Waals surface area contributed by atoms with Crippen molar-refractivity contribution in [1.29, 1.82) is 0 Å². The molecule has 1 aromatic heterocycles. The first-order valence-electron chi connectivity index (χ1n) is 14.6. The molecule has 4 N–H and O–H groups in total. The van der Waals surface area contributed by atoms with Gasteiger partial charge in [0.1, 0.15) is 5.75 Å². The van der Waals surface area contributed by atoms with Crippen LogP contribution in [-0.4, -0.2) is 52.1 Å². The summed E-state index contributed by atoms with van der Waals surface area (Å²) in [6, 6.07) is 17.4. The summed E-state index contributed by atoms with van der Waals surface area (Å²) < 4.78 is 42.6. The van der Waals surface area contributed by atoms with E-state index in [1.807, 2.05) is 24.3 Å². The molecule has 46 heavy (non-hydrogen) atoms. The van der Waals surface area contributed by atoms with Crippen molar-refractivity contribution in [3.05, 3.63) is 83.4 Å². The van der Waals surface area contributed by atoms with Crippen LogP contribution in [0.25, 0.3) is 10.2 Å². The fourth-order valence-corrected chi connectivity index (χ4v) is 6.12. The maximum absolute atomic E-state index is 13.7. The van der Waals surface area contributed by atoms with E-state index < -0.39 is 42.7 Å². The summed E-state index contributed by atoms with van der Waals surface area (Å²) in [5.74, 6) is -1.97. The van der Waals surface area contributed by atoms with Gasteiger partial charge >= 0.3 is 18.4 Å². The Morgan fingerprint density at radius 2 is 1.70 bits per heavy atom. The van der Waals surface area contributed by atoms with Crippen LogP contribution in [0.2, 0.25) is 0 Å². The number of rotatable bonds is 10. The molecular formula is C32H31F3N4O6S. The van der Waals surface area contributed by atoms with Crippen molar-refractivity contribution < 1.29 is 42.5 Å². The van der Waals surface area contributed by atoms with Crippen molar-refractivity contribution >= 4 is 50.3 Å². The van der Waals surface area contributed by atoms with E-state index >= 15 is 0 Å². The monoisotopic (exact) mass is 656 g/mol. The first-order chi connectivity index (χ1) is 21.9. The van der Waals surface area contributed by atoms with E-state index in [4.69, 9.17) is 5.11 Å². The molecule has 3 amide bonds. The first-order valence-corrected chi connectivity index (χ1v) is 15.4. The van der Waals surface area contributed by atoms with E-state index in [-0.39, 0.29) is 22.8 Å². The molecule has 4 aromatic rings. The highest BCUT2D eigenvalue weighted by atomic mass is 32.1. The molecule has 0 unspecified atom stereocenters. The van der Waals surface area contributed by atoms with Gasteiger partial charge in [0.2, 0.25) is 0 Å². The van der Waals surface area contributed by atoms with Gasteiger partial charge in [-0.25, -0.2) is 14.6 Å². The van der Waals surface area contributed by atoms with Crippen LogP contribution in [0, 0.1) is 0 Å². The summed E-state index contributed by atoms with van der Waals surface area (Å²) in [6.45, 7) is -0.355. The number of urea groups is 1. The number of nitrogens with one attached hydrogen (secondary N) is 2. The van der Waals surface area contributed by atoms with Gasteiger partial charge in [0.25, 0.3) is 5.91 Å². The fourth-order valence-electron chi connectivity index (χ4n) is 5.28. The Hall–Kier alpha value is -4.69. The normalized spacial score (nSPS) is 14.4. The van der Waals surface area contributed by atoms with E-state index in [1.165, 1.54) is 54.0 Å². The zero-order valence-electron chi connectivity index (χ0n) is 24.4. The number of alkyl halides is 3. The van der Waals surface area contributed by atoms with E-state index in [0.29, 0.717) is 21.9 Å². The molecule has 10 nitrogen and oxygen atoms in total. The number of anilines is 2. The number of hydrogen-bond acceptors (Lipinski definition) is 7. The highest BCUT2D eigenvalue weighted by Gasteiger charge is 2.31. The van der Waals surface area contributed by atoms with Gasteiger partial charge in [0.05, 0.1) is 23.3 Å². The average molecular weight is 657 g/mol. The lowest BCUT2D eigenvalue weighted by Crippen LogP contribution is -2.36. The minimum absolute atomic E-state index is 0.0999. The number of ether oxygens (including phenoxy) is 1. The smallest absolute Gasteiger partial charge is 0.479 e. The number of hydrogen-bond donors (Lipinski definition) is 4. The number of halogens is 3. The number of carbonyl (C=O) groups is 3. The van der Waals surface area contributed by atoms with Crippen LogP contribution in [0.4, 0.5) is 28.8 Å². The Kier molecular flexibility index (Phi) is 10.1. The third kappa shape index (κ3) is 8.52. The van der Waals surface area contributed by atoms with Gasteiger partial charge in [0, 0.05) is 17.3 Å². The van der Waals surface area contributed by atoms with Gasteiger partial charge in [-0.05, 0) is 66.3 Å². The van der Waals surface area contributed by atoms with E-state index in [1.54, 1.807) is 12.1 Å². The van der Waals surface area contributed by atoms with Crippen molar-refractivity contribution in [2.75, 3.05) is 16.8 Å². The van der Waals surface area contributed by atoms with Crippen LogP contribution in [0.15, 0.2) is 66.7 Å². The number of carboxylic acids is 1. The van der Waals surface area contributed by atoms with Gasteiger partial charge in [-0.3, -0.25) is 15.0 Å². The number of fused-ring (bicyclic) bond motifs is 1. The molecule has 1 aliphatic carbocycles. The first kappa shape index (κ1) is 32.7. The van der Waals surface area contributed by atoms with Gasteiger partial charge in [-0.1, -0.05) is 54.9 Å². The second-order valence-corrected chi connectivity index (χ2v) is 11.9. The molecule has 0 spiro atoms. The molecule has 14 heteroatoms. The van der Waals surface area contributed by atoms with Gasteiger partial charge in [0.15, 0.2) is 11.2 Å². The minimum Gasteiger partial charge on any atom is -0.479 e. The minimum atomic E-state index is -4.85. The van der Waals surface area contributed by atoms with Crippen LogP contribution in [0.3, 0.4) is 0 Å². The van der Waals surface area contributed by atoms with Crippen LogP contribution in [-0.2, 0) is 11.3 Å². The Balaban J connectivity index is 1.35. The maximum Gasteiger partial charge on any atom is 0.573 e. The lowest BCUT2D eigenvalue weighted by Gasteiger charge is -2.25. The molecule has 1 saturated carbocycles. The third-order valence-corrected chi connectivity index (χ3v) is 8.58. The Bertz CT molecular complexity index is 1690. The van der Waals surface area contributed by atoms with E-state index in [2.05, 4.69) is 20.4 Å². The molecule has 1 heterocycles. The molecule has 0 bridgehead atoms. The zero-order valence-corrected chi connectivity index (χ0v) is 25.2. The quantitative estimate of drug-likeness (QED) is 0.150. The standard InChI is InChI=1S/C32H31F3N4O6S/c33-32(34,35)45-24-14-15-27-25(16-24)37-30(46-27)38-31(44)39(23-12-10-21(11-13-23)20-4-2-1-3-5-20)18-19-6-8-22(9-7-19)28(41)36-17-26(40)29(42)43/h6-16,20,26,40H,1-5,17-18H2,(H,36,41)(H,42,43)(H,37,38,44)/t26-/m1/s1. The fraction of sp³-hybridized carbons (Fsp3) is 0.312. The van der Waals surface area contributed by atoms with Gasteiger partial charge < -0.3 is 20.3 Å². The van der Waals surface area contributed by atoms with Gasteiger partial charge in [-0.15, -0.1) is 13.2 Å². The summed E-state index contributed by atoms with van der Waals surface area (Å²) in [5, 5.41) is 23.5. The maximum atomic E-state index is 13.7. The molecule has 1 fully saturated rings. The van der Waals surface area contributed by atoms with Crippen LogP contribution in [0.5, 0.6) is 5.75 Å². The third-order valence-electron chi connectivity index (χ3n) is 7.63. The van der Waals surface area contributed by atoms with Crippen LogP contribution < -0.4 is 20.3 Å². The number of aromatic nitrogens is 1. The van der Waals surface area contributed by atoms with Crippen molar-refractivity contribution in [3.8, 4) is 5.75 Å². The molecule has 0 radical (unpaired) electrons. The van der Waals surface area contributed by atoms with E-state index in [0.717, 1.165) is 30.2 Å². The molecule has 0 saturated heterocycles. The summed E-state index contributed by atoms with van der Waals surface area (Å²) >= 11 is 1.10. The number of aliphatic hydroxyl groups excluding tert-OH is 1. The molecular weight excluding hydrogens is 625 g/mol. The van der Waals surface area contributed by atoms with E-state index in [9.17, 15) is 32.7 Å². The lowest BCUT2D eigenvalue weighted by atomic mass is 9.84. The van der Waals surface area contributed by atoms with Crippen LogP contribution in [0.1, 0.15) is 59.5 Å². The highest BCUT2D eigenvalue weighted by Crippen LogP contribution is 2.34. The summed E-state index contributed by atoms with van der Waals surface area (Å²) in [5.41, 5.74) is 2.94. The number of aliphatic hydroxyl groups is 1. The van der Waals surface area contributed by atoms with Crippen molar-refractivity contribution in [1.82, 2.24) is 10.3 Å². The predicted molar refractivity (Wildman–Crippen MR) is 166 cm³/mol. The second-order valence-electron chi connectivity index (χ2n) is 10.9. The number of benzene rings is 3. The number of carbonyl (C=O) groups excluding carboxylic acids is 2. The Labute approximate surface area is 265 Å². The van der Waals surface area contributed by atoms with Crippen molar-refractivity contribution in [3.63, 3.8) is 0 Å². The summed E-state index contributed by atoms with van der Waals surface area (Å²) in [4.78, 5) is 42.7. The molecule has 1 atom stereocenters. The molecule has 3 aromatic carbocycles. The van der Waals surface area contributed by atoms with Crippen LogP contribution >= 0.6 is 11.3 Å². The largest absolute Gasteiger partial charge is 0.573 e. The lowest BCUT2D eigenvalue weighted by molar-refractivity contribution is -0.274. The van der Waals surface area contributed by atoms with Crippen molar-refractivity contribution in [2.45, 2.75) is 57.0 Å². The topological polar surface area (TPSA) is 141 Å². The van der Waals surface area contributed by atoms with Gasteiger partial charge in [-0.2, -0.15) is 0 Å². The summed E-state index contributed by atoms with van der Waals surface area (Å²) in [7, 11) is 0.